The average molecular weight is 887 g/mol. The molecular formula is C42H74N6O10S2. The number of urea groups is 1. The predicted molar refractivity (Wildman–Crippen MR) is 229 cm³/mol. The van der Waals surface area contributed by atoms with Gasteiger partial charge in [0.05, 0.1) is 46.3 Å². The quantitative estimate of drug-likeness (QED) is 0.0517. The van der Waals surface area contributed by atoms with Crippen molar-refractivity contribution < 1.29 is 47.5 Å². The lowest BCUT2D eigenvalue weighted by molar-refractivity contribution is -0.207. The number of quaternary nitrogens is 1. The van der Waals surface area contributed by atoms with E-state index in [1.165, 1.54) is 0 Å². The summed E-state index contributed by atoms with van der Waals surface area (Å²) in [5.74, 6) is 0.157. The zero-order valence-electron chi connectivity index (χ0n) is 36.2. The molecule has 0 spiro atoms. The molecule has 12 N–H and O–H groups in total. The summed E-state index contributed by atoms with van der Waals surface area (Å²) in [5, 5.41) is 48.5. The normalized spacial score (nSPS) is 37.8. The van der Waals surface area contributed by atoms with E-state index in [9.17, 15) is 47.5 Å². The third-order valence-electron chi connectivity index (χ3n) is 16.0. The molecular weight excluding hydrogens is 813 g/mol. The van der Waals surface area contributed by atoms with Gasteiger partial charge in [0.25, 0.3) is 0 Å². The summed E-state index contributed by atoms with van der Waals surface area (Å²) in [6.45, 7) is 6.67. The molecule has 2 saturated heterocycles. The summed E-state index contributed by atoms with van der Waals surface area (Å²) in [7, 11) is -4.54. The summed E-state index contributed by atoms with van der Waals surface area (Å²) in [6.07, 6.45) is 9.19. The largest absolute Gasteiger partial charge is 0.748 e. The number of aliphatic hydroxyl groups excluding tert-OH is 3. The highest BCUT2D eigenvalue weighted by atomic mass is 32.2. The Bertz CT molecular complexity index is 1630. The van der Waals surface area contributed by atoms with Gasteiger partial charge in [0.1, 0.15) is 6.04 Å². The molecule has 344 valence electrons. The van der Waals surface area contributed by atoms with Gasteiger partial charge in [-0.15, -0.1) is 0 Å². The zero-order chi connectivity index (χ0) is 42.7. The van der Waals surface area contributed by atoms with E-state index in [-0.39, 0.29) is 102 Å². The molecule has 0 unspecified atom stereocenters. The van der Waals surface area contributed by atoms with Crippen LogP contribution in [0.2, 0.25) is 0 Å². The SMILES string of the molecule is C[C@H](CCC(=O)N[C@@H](CCCCNC(=O)CCCC[C@@H]1SC[C@@H]2NC(=O)N[C@@H]21)C(=O)NCCS(=O)(=O)[O-])[C@H]1CC[C@H]2[C@@H]3[C@H](O)C[C@@H]4C[C@H](O)CC[C@]4(C)[C@H]3C[C@H](O)[C@]12C.[NH4+]. The molecule has 5 amide bonds. The lowest BCUT2D eigenvalue weighted by Crippen LogP contribution is -2.62. The molecule has 4 aliphatic carbocycles. The van der Waals surface area contributed by atoms with Crippen LogP contribution < -0.4 is 32.7 Å². The van der Waals surface area contributed by atoms with E-state index in [4.69, 9.17) is 0 Å². The van der Waals surface area contributed by atoms with E-state index in [0.29, 0.717) is 56.7 Å². The second kappa shape index (κ2) is 20.5. The highest BCUT2D eigenvalue weighted by Crippen LogP contribution is 2.68. The Morgan fingerprint density at radius 1 is 0.917 bits per heavy atom. The van der Waals surface area contributed by atoms with Gasteiger partial charge in [-0.25, -0.2) is 13.2 Å². The van der Waals surface area contributed by atoms with E-state index in [2.05, 4.69) is 47.4 Å². The fourth-order valence-electron chi connectivity index (χ4n) is 12.7. The molecule has 0 aromatic heterocycles. The summed E-state index contributed by atoms with van der Waals surface area (Å²) in [4.78, 5) is 50.6. The minimum atomic E-state index is -4.54. The van der Waals surface area contributed by atoms with Crippen LogP contribution in [-0.4, -0.2) is 118 Å². The van der Waals surface area contributed by atoms with Gasteiger partial charge in [0.15, 0.2) is 0 Å². The maximum absolute atomic E-state index is 13.4. The van der Waals surface area contributed by atoms with Gasteiger partial charge in [-0.1, -0.05) is 27.2 Å². The van der Waals surface area contributed by atoms with Crippen LogP contribution in [0.5, 0.6) is 0 Å². The molecule has 6 rings (SSSR count). The Balaban J connectivity index is 0.00000683. The molecule has 0 radical (unpaired) electrons. The van der Waals surface area contributed by atoms with Crippen LogP contribution in [0.15, 0.2) is 0 Å². The van der Waals surface area contributed by atoms with Gasteiger partial charge < -0.3 is 52.6 Å². The Morgan fingerprint density at radius 2 is 1.68 bits per heavy atom. The first-order valence-corrected chi connectivity index (χ1v) is 25.0. The maximum atomic E-state index is 13.4. The van der Waals surface area contributed by atoms with Crippen LogP contribution in [0.3, 0.4) is 0 Å². The number of nitrogens with one attached hydrogen (secondary N) is 5. The fourth-order valence-corrected chi connectivity index (χ4v) is 14.6. The number of unbranched alkanes of at least 4 members (excludes halogenated alkanes) is 2. The Morgan fingerprint density at radius 3 is 2.43 bits per heavy atom. The second-order valence-corrected chi connectivity index (χ2v) is 22.2. The van der Waals surface area contributed by atoms with Gasteiger partial charge in [0, 0.05) is 36.9 Å². The number of aliphatic hydroxyl groups is 3. The summed E-state index contributed by atoms with van der Waals surface area (Å²) in [5.41, 5.74) is -0.413. The van der Waals surface area contributed by atoms with Crippen molar-refractivity contribution in [1.82, 2.24) is 32.7 Å². The topological polar surface area (TPSA) is 283 Å². The van der Waals surface area contributed by atoms with E-state index in [1.54, 1.807) is 0 Å². The lowest BCUT2D eigenvalue weighted by Gasteiger charge is -2.63. The number of carbonyl (C=O) groups excluding carboxylic acids is 4. The molecule has 18 heteroatoms. The maximum Gasteiger partial charge on any atom is 0.315 e. The fraction of sp³-hybridized carbons (Fsp3) is 0.905. The van der Waals surface area contributed by atoms with Crippen molar-refractivity contribution >= 4 is 45.6 Å². The molecule has 6 fully saturated rings. The molecule has 0 aromatic rings. The van der Waals surface area contributed by atoms with Crippen LogP contribution in [-0.2, 0) is 24.5 Å². The highest BCUT2D eigenvalue weighted by Gasteiger charge is 2.65. The molecule has 0 aromatic carbocycles. The van der Waals surface area contributed by atoms with Crippen LogP contribution in [0.25, 0.3) is 0 Å². The number of thioether (sulfide) groups is 1. The van der Waals surface area contributed by atoms with Crippen molar-refractivity contribution in [2.45, 2.75) is 165 Å². The van der Waals surface area contributed by atoms with E-state index < -0.39 is 45.4 Å². The van der Waals surface area contributed by atoms with Gasteiger partial charge in [-0.05, 0) is 130 Å². The molecule has 2 aliphatic heterocycles. The Labute approximate surface area is 360 Å². The molecule has 2 heterocycles. The van der Waals surface area contributed by atoms with Crippen LogP contribution in [0.1, 0.15) is 124 Å². The van der Waals surface area contributed by atoms with Crippen LogP contribution >= 0.6 is 11.8 Å². The first-order valence-electron chi connectivity index (χ1n) is 22.4. The number of hydrogen-bond acceptors (Lipinski definition) is 11. The smallest absolute Gasteiger partial charge is 0.315 e. The predicted octanol–water partition coefficient (Wildman–Crippen LogP) is 2.90. The molecule has 0 bridgehead atoms. The van der Waals surface area contributed by atoms with E-state index in [0.717, 1.165) is 50.7 Å². The van der Waals surface area contributed by atoms with Crippen LogP contribution in [0.4, 0.5) is 4.79 Å². The van der Waals surface area contributed by atoms with Crippen molar-refractivity contribution in [2.24, 2.45) is 46.3 Å². The molecule has 16 nitrogen and oxygen atoms in total. The zero-order valence-corrected chi connectivity index (χ0v) is 37.8. The number of fused-ring (bicyclic) bond motifs is 6. The monoisotopic (exact) mass is 886 g/mol. The molecule has 6 aliphatic rings. The second-order valence-electron chi connectivity index (χ2n) is 19.4. The number of amides is 5. The summed E-state index contributed by atoms with van der Waals surface area (Å²) < 4.78 is 33.4. The van der Waals surface area contributed by atoms with Gasteiger partial charge in [0.2, 0.25) is 17.7 Å². The minimum absolute atomic E-state index is 0. The van der Waals surface area contributed by atoms with Crippen molar-refractivity contribution in [3.63, 3.8) is 0 Å². The third-order valence-corrected chi connectivity index (χ3v) is 18.2. The lowest BCUT2D eigenvalue weighted by atomic mass is 9.43. The first-order chi connectivity index (χ1) is 27.9. The van der Waals surface area contributed by atoms with Crippen molar-refractivity contribution in [1.29, 1.82) is 0 Å². The first kappa shape index (κ1) is 48.8. The molecule has 4 saturated carbocycles. The van der Waals surface area contributed by atoms with Crippen molar-refractivity contribution in [3.8, 4) is 0 Å². The highest BCUT2D eigenvalue weighted by molar-refractivity contribution is 8.00. The average Bonchev–Trinajstić information content (AvgIpc) is 3.84. The Kier molecular flexibility index (Phi) is 16.7. The van der Waals surface area contributed by atoms with Crippen LogP contribution in [0, 0.1) is 46.3 Å². The minimum Gasteiger partial charge on any atom is -0.748 e. The van der Waals surface area contributed by atoms with Gasteiger partial charge in [-0.3, -0.25) is 14.4 Å². The number of carbonyl (C=O) groups is 4. The van der Waals surface area contributed by atoms with Crippen molar-refractivity contribution in [3.05, 3.63) is 0 Å². The number of rotatable bonds is 19. The summed E-state index contributed by atoms with van der Waals surface area (Å²) >= 11 is 1.85. The van der Waals surface area contributed by atoms with Gasteiger partial charge >= 0.3 is 6.03 Å². The standard InChI is InChI=1S/C42H71N5O10S2.H3N/c1-24(27-12-13-28-37-29(22-34(50)42(27,28)3)41(2)16-15-26(48)20-25(41)21-32(37)49)11-14-36(52)45-30(39(53)44-18-19-59(55,56)57)8-6-7-17-43-35(51)10-5-4-9-33-38-31(23-58-33)46-40(54)47-38;/h24-34,37-38,48-50H,4-23H2,1-3H3,(H,43,51)(H,44,53)(H,45,52)(H2,46,47,54)(H,55,56,57);1H3/t24-,25+,26-,27-,28+,29+,30+,31+,32-,33+,34+,37+,38+,41+,42-;/m1./s1. The van der Waals surface area contributed by atoms with E-state index >= 15 is 0 Å². The summed E-state index contributed by atoms with van der Waals surface area (Å²) in [6, 6.07) is -0.728. The van der Waals surface area contributed by atoms with Crippen molar-refractivity contribution in [2.75, 3.05) is 24.6 Å². The third kappa shape index (κ3) is 11.1. The van der Waals surface area contributed by atoms with E-state index in [1.807, 2.05) is 11.8 Å². The number of hydrogen-bond donors (Lipinski definition) is 9. The van der Waals surface area contributed by atoms with Gasteiger partial charge in [-0.2, -0.15) is 11.8 Å². The molecule has 15 atom stereocenters. The molecule has 60 heavy (non-hydrogen) atoms. The Hall–Kier alpha value is -2.22.